The molecule has 0 amide bonds. The van der Waals surface area contributed by atoms with E-state index in [4.69, 9.17) is 11.1 Å². The molecule has 0 saturated carbocycles. The van der Waals surface area contributed by atoms with Crippen LogP contribution in [0.5, 0.6) is 0 Å². The van der Waals surface area contributed by atoms with Gasteiger partial charge >= 0.3 is 0 Å². The van der Waals surface area contributed by atoms with Gasteiger partial charge in [-0.05, 0) is 31.9 Å². The second kappa shape index (κ2) is 5.21. The second-order valence-electron chi connectivity index (χ2n) is 3.74. The molecule has 0 aliphatic heterocycles. The summed E-state index contributed by atoms with van der Waals surface area (Å²) in [4.78, 5) is 1.23. The molecule has 15 heavy (non-hydrogen) atoms. The van der Waals surface area contributed by atoms with Crippen molar-refractivity contribution in [3.05, 3.63) is 29.3 Å². The van der Waals surface area contributed by atoms with Crippen LogP contribution in [0.3, 0.4) is 0 Å². The topological polar surface area (TPSA) is 49.9 Å². The third kappa shape index (κ3) is 3.27. The fraction of sp³-hybridized carbons (Fsp3) is 0.417. The Kier molecular flexibility index (Phi) is 4.21. The summed E-state index contributed by atoms with van der Waals surface area (Å²) in [7, 11) is 0. The standard InChI is InChI=1S/C12H18N2S/c1-4-10(12(13)14)15-11-7-8(2)5-6-9(11)3/h5-7,10H,4H2,1-3H3,(H3,13,14). The van der Waals surface area contributed by atoms with Gasteiger partial charge < -0.3 is 5.73 Å². The predicted molar refractivity (Wildman–Crippen MR) is 67.8 cm³/mol. The zero-order valence-corrected chi connectivity index (χ0v) is 10.3. The fourth-order valence-corrected chi connectivity index (χ4v) is 2.46. The van der Waals surface area contributed by atoms with Crippen molar-refractivity contribution in [2.75, 3.05) is 0 Å². The van der Waals surface area contributed by atoms with Crippen LogP contribution < -0.4 is 5.73 Å². The van der Waals surface area contributed by atoms with E-state index in [0.717, 1.165) is 6.42 Å². The molecule has 0 saturated heterocycles. The summed E-state index contributed by atoms with van der Waals surface area (Å²) in [5.41, 5.74) is 8.05. The number of nitrogens with one attached hydrogen (secondary N) is 1. The lowest BCUT2D eigenvalue weighted by Crippen LogP contribution is -2.24. The van der Waals surface area contributed by atoms with Crippen LogP contribution in [0.2, 0.25) is 0 Å². The first kappa shape index (κ1) is 12.1. The molecule has 0 heterocycles. The minimum Gasteiger partial charge on any atom is -0.387 e. The van der Waals surface area contributed by atoms with Gasteiger partial charge in [0.1, 0.15) is 5.84 Å². The molecular weight excluding hydrogens is 204 g/mol. The molecule has 0 spiro atoms. The lowest BCUT2D eigenvalue weighted by atomic mass is 10.2. The van der Waals surface area contributed by atoms with Gasteiger partial charge in [0, 0.05) is 4.90 Å². The molecule has 2 nitrogen and oxygen atoms in total. The first-order chi connectivity index (χ1) is 7.04. The van der Waals surface area contributed by atoms with E-state index in [-0.39, 0.29) is 11.1 Å². The quantitative estimate of drug-likeness (QED) is 0.467. The van der Waals surface area contributed by atoms with Crippen molar-refractivity contribution in [1.29, 1.82) is 5.41 Å². The van der Waals surface area contributed by atoms with E-state index in [0.29, 0.717) is 0 Å². The van der Waals surface area contributed by atoms with Crippen molar-refractivity contribution in [2.45, 2.75) is 37.3 Å². The Labute approximate surface area is 95.8 Å². The van der Waals surface area contributed by atoms with Crippen LogP contribution in [0.1, 0.15) is 24.5 Å². The van der Waals surface area contributed by atoms with Crippen molar-refractivity contribution < 1.29 is 0 Å². The van der Waals surface area contributed by atoms with E-state index in [1.165, 1.54) is 16.0 Å². The zero-order valence-electron chi connectivity index (χ0n) is 9.50. The van der Waals surface area contributed by atoms with Crippen LogP contribution in [0, 0.1) is 19.3 Å². The van der Waals surface area contributed by atoms with Crippen LogP contribution in [-0.4, -0.2) is 11.1 Å². The molecule has 0 aliphatic rings. The summed E-state index contributed by atoms with van der Waals surface area (Å²) in [5.74, 6) is 0.267. The first-order valence-corrected chi connectivity index (χ1v) is 6.00. The van der Waals surface area contributed by atoms with Crippen LogP contribution in [0.15, 0.2) is 23.1 Å². The number of benzene rings is 1. The van der Waals surface area contributed by atoms with E-state index in [2.05, 4.69) is 39.0 Å². The van der Waals surface area contributed by atoms with Gasteiger partial charge in [0.25, 0.3) is 0 Å². The highest BCUT2D eigenvalue weighted by Crippen LogP contribution is 2.28. The summed E-state index contributed by atoms with van der Waals surface area (Å²) in [6, 6.07) is 6.38. The van der Waals surface area contributed by atoms with Gasteiger partial charge in [-0.2, -0.15) is 0 Å². The van der Waals surface area contributed by atoms with Crippen LogP contribution in [0.4, 0.5) is 0 Å². The first-order valence-electron chi connectivity index (χ1n) is 5.12. The van der Waals surface area contributed by atoms with E-state index >= 15 is 0 Å². The average molecular weight is 222 g/mol. The zero-order chi connectivity index (χ0) is 11.4. The average Bonchev–Trinajstić information content (AvgIpc) is 2.18. The van der Waals surface area contributed by atoms with E-state index in [9.17, 15) is 0 Å². The summed E-state index contributed by atoms with van der Waals surface area (Å²) in [6.07, 6.45) is 0.896. The largest absolute Gasteiger partial charge is 0.387 e. The molecule has 0 radical (unpaired) electrons. The van der Waals surface area contributed by atoms with Gasteiger partial charge in [0.15, 0.2) is 0 Å². The lowest BCUT2D eigenvalue weighted by Gasteiger charge is -2.14. The third-order valence-electron chi connectivity index (χ3n) is 2.33. The second-order valence-corrected chi connectivity index (χ2v) is 4.98. The Morgan fingerprint density at radius 3 is 2.67 bits per heavy atom. The predicted octanol–water partition coefficient (Wildman–Crippen LogP) is 3.11. The van der Waals surface area contributed by atoms with Crippen molar-refractivity contribution in [3.63, 3.8) is 0 Å². The molecule has 1 aromatic rings. The van der Waals surface area contributed by atoms with Gasteiger partial charge in [-0.1, -0.05) is 24.6 Å². The SMILES string of the molecule is CCC(Sc1cc(C)ccc1C)C(=N)N. The summed E-state index contributed by atoms with van der Waals surface area (Å²) >= 11 is 1.69. The minimum atomic E-state index is 0.102. The maximum atomic E-state index is 7.48. The molecule has 0 fully saturated rings. The van der Waals surface area contributed by atoms with E-state index in [1.54, 1.807) is 11.8 Å². The van der Waals surface area contributed by atoms with Gasteiger partial charge in [-0.25, -0.2) is 0 Å². The summed E-state index contributed by atoms with van der Waals surface area (Å²) in [6.45, 7) is 6.23. The molecule has 1 unspecified atom stereocenters. The van der Waals surface area contributed by atoms with Gasteiger partial charge in [0.05, 0.1) is 5.25 Å². The molecule has 0 bridgehead atoms. The van der Waals surface area contributed by atoms with Gasteiger partial charge in [-0.15, -0.1) is 11.8 Å². The Hall–Kier alpha value is -0.960. The highest BCUT2D eigenvalue weighted by molar-refractivity contribution is 8.00. The minimum absolute atomic E-state index is 0.102. The molecule has 0 aliphatic carbocycles. The highest BCUT2D eigenvalue weighted by Gasteiger charge is 2.12. The van der Waals surface area contributed by atoms with Crippen molar-refractivity contribution in [1.82, 2.24) is 0 Å². The number of hydrogen-bond acceptors (Lipinski definition) is 2. The number of thioether (sulfide) groups is 1. The highest BCUT2D eigenvalue weighted by atomic mass is 32.2. The third-order valence-corrected chi connectivity index (χ3v) is 3.90. The molecule has 1 rings (SSSR count). The molecule has 3 heteroatoms. The molecule has 0 aromatic heterocycles. The Balaban J connectivity index is 2.87. The van der Waals surface area contributed by atoms with Crippen LogP contribution in [0.25, 0.3) is 0 Å². The van der Waals surface area contributed by atoms with Gasteiger partial charge in [0.2, 0.25) is 0 Å². The Morgan fingerprint density at radius 1 is 1.47 bits per heavy atom. The monoisotopic (exact) mass is 222 g/mol. The van der Waals surface area contributed by atoms with E-state index in [1.807, 2.05) is 0 Å². The molecule has 1 aromatic carbocycles. The number of rotatable bonds is 4. The smallest absolute Gasteiger partial charge is 0.104 e. The summed E-state index contributed by atoms with van der Waals surface area (Å²) < 4.78 is 0. The van der Waals surface area contributed by atoms with Crippen LogP contribution >= 0.6 is 11.8 Å². The maximum absolute atomic E-state index is 7.48. The molecular formula is C12H18N2S. The molecule has 3 N–H and O–H groups in total. The fourth-order valence-electron chi connectivity index (χ4n) is 1.35. The van der Waals surface area contributed by atoms with Crippen molar-refractivity contribution in [2.24, 2.45) is 5.73 Å². The molecule has 82 valence electrons. The normalized spacial score (nSPS) is 12.5. The van der Waals surface area contributed by atoms with Crippen molar-refractivity contribution in [3.8, 4) is 0 Å². The lowest BCUT2D eigenvalue weighted by molar-refractivity contribution is 0.990. The van der Waals surface area contributed by atoms with Crippen LogP contribution in [-0.2, 0) is 0 Å². The number of nitrogens with two attached hydrogens (primary N) is 1. The Morgan fingerprint density at radius 2 is 2.13 bits per heavy atom. The number of amidine groups is 1. The van der Waals surface area contributed by atoms with Crippen molar-refractivity contribution >= 4 is 17.6 Å². The maximum Gasteiger partial charge on any atom is 0.104 e. The molecule has 1 atom stereocenters. The van der Waals surface area contributed by atoms with Gasteiger partial charge in [-0.3, -0.25) is 5.41 Å². The Bertz CT molecular complexity index is 361. The van der Waals surface area contributed by atoms with E-state index < -0.39 is 0 Å². The number of aryl methyl sites for hydroxylation is 2. The number of hydrogen-bond donors (Lipinski definition) is 2. The summed E-state index contributed by atoms with van der Waals surface area (Å²) in [5, 5.41) is 7.58.